The quantitative estimate of drug-likeness (QED) is 0.243. The Bertz CT molecular complexity index is 2060. The van der Waals surface area contributed by atoms with Gasteiger partial charge in [0.25, 0.3) is 11.8 Å². The molecule has 0 aromatic heterocycles. The molecule has 2 atom stereocenters. The Kier molecular flexibility index (Phi) is 9.50. The van der Waals surface area contributed by atoms with E-state index in [1.165, 1.54) is 33.8 Å². The summed E-state index contributed by atoms with van der Waals surface area (Å²) >= 11 is 0. The summed E-state index contributed by atoms with van der Waals surface area (Å²) < 4.78 is 28.7. The van der Waals surface area contributed by atoms with E-state index in [1.807, 2.05) is 31.2 Å². The number of anilines is 2. The van der Waals surface area contributed by atoms with Crippen LogP contribution in [0.3, 0.4) is 0 Å². The van der Waals surface area contributed by atoms with Crippen molar-refractivity contribution in [2.45, 2.75) is 44.7 Å². The zero-order chi connectivity index (χ0) is 37.6. The second-order valence-electron chi connectivity index (χ2n) is 13.3. The van der Waals surface area contributed by atoms with Crippen LogP contribution in [0, 0.1) is 0 Å². The van der Waals surface area contributed by atoms with Gasteiger partial charge in [0.1, 0.15) is 17.8 Å². The molecule has 13 nitrogen and oxygen atoms in total. The van der Waals surface area contributed by atoms with Gasteiger partial charge >= 0.3 is 0 Å². The second kappa shape index (κ2) is 14.2. The minimum Gasteiger partial charge on any atom is -0.497 e. The average molecular weight is 723 g/mol. The molecule has 4 aliphatic heterocycles. The molecule has 2 unspecified atom stereocenters. The van der Waals surface area contributed by atoms with Crippen molar-refractivity contribution in [1.29, 1.82) is 0 Å². The zero-order valence-electron chi connectivity index (χ0n) is 30.6. The Morgan fingerprint density at radius 2 is 1.15 bits per heavy atom. The first-order chi connectivity index (χ1) is 25.6. The molecule has 3 aromatic carbocycles. The molecular weight excluding hydrogens is 680 g/mol. The van der Waals surface area contributed by atoms with Gasteiger partial charge in [-0.2, -0.15) is 0 Å². The van der Waals surface area contributed by atoms with Crippen LogP contribution < -0.4 is 33.5 Å². The van der Waals surface area contributed by atoms with Gasteiger partial charge in [-0.15, -0.1) is 0 Å². The molecule has 276 valence electrons. The Morgan fingerprint density at radius 3 is 1.64 bits per heavy atom. The molecule has 0 spiro atoms. The molecule has 13 heteroatoms. The normalized spacial score (nSPS) is 19.1. The summed E-state index contributed by atoms with van der Waals surface area (Å²) in [7, 11) is 7.92. The van der Waals surface area contributed by atoms with Crippen LogP contribution in [0.15, 0.2) is 66.5 Å². The lowest BCUT2D eigenvalue weighted by molar-refractivity contribution is -0.122. The third-order valence-electron chi connectivity index (χ3n) is 10.3. The van der Waals surface area contributed by atoms with E-state index in [-0.39, 0.29) is 36.8 Å². The summed E-state index contributed by atoms with van der Waals surface area (Å²) in [6.45, 7) is 2.45. The molecule has 0 radical (unpaired) electrons. The highest BCUT2D eigenvalue weighted by molar-refractivity contribution is 6.14. The number of carbonyl (C=O) groups is 4. The van der Waals surface area contributed by atoms with Gasteiger partial charge in [0, 0.05) is 51.5 Å². The van der Waals surface area contributed by atoms with E-state index < -0.39 is 12.1 Å². The van der Waals surface area contributed by atoms with Crippen LogP contribution in [-0.4, -0.2) is 94.2 Å². The van der Waals surface area contributed by atoms with E-state index in [0.29, 0.717) is 64.8 Å². The van der Waals surface area contributed by atoms with Gasteiger partial charge in [0.2, 0.25) is 11.8 Å². The van der Waals surface area contributed by atoms with Crippen molar-refractivity contribution in [3.8, 4) is 28.7 Å². The monoisotopic (exact) mass is 722 g/mol. The fourth-order valence-electron chi connectivity index (χ4n) is 7.28. The molecular formula is C40H42N4O9. The maximum atomic E-state index is 13.9. The highest BCUT2D eigenvalue weighted by atomic mass is 16.5. The summed E-state index contributed by atoms with van der Waals surface area (Å²) in [6.07, 6.45) is 5.64. The second-order valence-corrected chi connectivity index (χ2v) is 13.3. The van der Waals surface area contributed by atoms with Gasteiger partial charge in [-0.25, -0.2) is 0 Å². The Morgan fingerprint density at radius 1 is 0.642 bits per heavy atom. The standard InChI is InChI=1S/C40H42N4O9/c1-7-23-15-31-39(47)41(2)29-19-35(33(50-5)17-27(29)37(45)43(31)21-23)52-13-8-14-53-36-20-30-28(18-34(36)51-6)38(46)44-22-25(16-32(44)40(48)42(30)3)24-9-11-26(49-4)12-10-24/h9-12,17-22,31-32H,7-8,13-16H2,1-6H3. The minimum atomic E-state index is -0.687. The molecule has 7 rings (SSSR count). The number of likely N-dealkylation sites (N-methyl/N-ethyl adjacent to an activating group) is 2. The number of amides is 4. The van der Waals surface area contributed by atoms with Crippen LogP contribution in [0.2, 0.25) is 0 Å². The number of hydrogen-bond acceptors (Lipinski definition) is 9. The van der Waals surface area contributed by atoms with Crippen molar-refractivity contribution in [2.75, 3.05) is 58.4 Å². The largest absolute Gasteiger partial charge is 0.497 e. The van der Waals surface area contributed by atoms with Crippen molar-refractivity contribution < 1.29 is 42.9 Å². The third-order valence-corrected chi connectivity index (χ3v) is 10.3. The van der Waals surface area contributed by atoms with Crippen LogP contribution >= 0.6 is 0 Å². The van der Waals surface area contributed by atoms with Crippen LogP contribution in [0.1, 0.15) is 58.9 Å². The average Bonchev–Trinajstić information content (AvgIpc) is 3.81. The summed E-state index contributed by atoms with van der Waals surface area (Å²) in [6, 6.07) is 12.8. The van der Waals surface area contributed by atoms with Crippen LogP contribution in [0.4, 0.5) is 11.4 Å². The van der Waals surface area contributed by atoms with Crippen LogP contribution in [0.5, 0.6) is 28.7 Å². The zero-order valence-corrected chi connectivity index (χ0v) is 30.6. The number of ether oxygens (including phenoxy) is 5. The number of benzene rings is 3. The molecule has 4 heterocycles. The number of fused-ring (bicyclic) bond motifs is 4. The Balaban J connectivity index is 1.05. The van der Waals surface area contributed by atoms with Crippen LogP contribution in [-0.2, 0) is 9.59 Å². The summed E-state index contributed by atoms with van der Waals surface area (Å²) in [5, 5.41) is 0. The van der Waals surface area contributed by atoms with Gasteiger partial charge in [-0.1, -0.05) is 24.6 Å². The molecule has 0 saturated heterocycles. The van der Waals surface area contributed by atoms with Crippen molar-refractivity contribution in [3.05, 3.63) is 83.2 Å². The molecule has 0 saturated carbocycles. The lowest BCUT2D eigenvalue weighted by Crippen LogP contribution is -2.42. The smallest absolute Gasteiger partial charge is 0.260 e. The number of hydrogen-bond donors (Lipinski definition) is 0. The molecule has 4 aliphatic rings. The first-order valence-electron chi connectivity index (χ1n) is 17.5. The maximum absolute atomic E-state index is 13.9. The van der Waals surface area contributed by atoms with E-state index in [2.05, 4.69) is 0 Å². The summed E-state index contributed by atoms with van der Waals surface area (Å²) in [4.78, 5) is 60.7. The minimum absolute atomic E-state index is 0.166. The predicted octanol–water partition coefficient (Wildman–Crippen LogP) is 5.28. The number of nitrogens with zero attached hydrogens (tertiary/aromatic N) is 4. The molecule has 4 amide bonds. The third kappa shape index (κ3) is 6.19. The molecule has 0 fully saturated rings. The van der Waals surface area contributed by atoms with E-state index >= 15 is 0 Å². The highest BCUT2D eigenvalue weighted by Crippen LogP contribution is 2.43. The first-order valence-corrected chi connectivity index (χ1v) is 17.5. The lowest BCUT2D eigenvalue weighted by atomic mass is 10.0. The summed E-state index contributed by atoms with van der Waals surface area (Å²) in [5.74, 6) is 1.25. The Labute approximate surface area is 307 Å². The van der Waals surface area contributed by atoms with Crippen molar-refractivity contribution >= 4 is 40.6 Å². The Hall–Kier alpha value is -5.98. The van der Waals surface area contributed by atoms with E-state index in [9.17, 15) is 19.2 Å². The van der Waals surface area contributed by atoms with Crippen molar-refractivity contribution in [3.63, 3.8) is 0 Å². The summed E-state index contributed by atoms with van der Waals surface area (Å²) in [5.41, 5.74) is 4.39. The van der Waals surface area contributed by atoms with Gasteiger partial charge < -0.3 is 43.3 Å². The first kappa shape index (κ1) is 35.4. The fourth-order valence-corrected chi connectivity index (χ4v) is 7.28. The maximum Gasteiger partial charge on any atom is 0.260 e. The van der Waals surface area contributed by atoms with Gasteiger partial charge in [-0.3, -0.25) is 19.2 Å². The highest BCUT2D eigenvalue weighted by Gasteiger charge is 2.43. The fraction of sp³-hybridized carbons (Fsp3) is 0.350. The van der Waals surface area contributed by atoms with Crippen molar-refractivity contribution in [2.24, 2.45) is 0 Å². The molecule has 0 aliphatic carbocycles. The topological polar surface area (TPSA) is 127 Å². The molecule has 3 aromatic rings. The molecule has 0 N–H and O–H groups in total. The van der Waals surface area contributed by atoms with Gasteiger partial charge in [-0.05, 0) is 48.2 Å². The number of methoxy groups -OCH3 is 3. The SMILES string of the molecule is CCC1=CN2C(=O)c3cc(OC)c(OCCCOc4cc5c(cc4OC)C(=O)N4C=C(c6ccc(OC)cc6)CC4C(=O)N5C)cc3N(C)C(=O)C2C1. The van der Waals surface area contributed by atoms with Crippen LogP contribution in [0.25, 0.3) is 5.57 Å². The van der Waals surface area contributed by atoms with Gasteiger partial charge in [0.05, 0.1) is 57.0 Å². The lowest BCUT2D eigenvalue weighted by Gasteiger charge is -2.22. The van der Waals surface area contributed by atoms with Crippen molar-refractivity contribution in [1.82, 2.24) is 9.80 Å². The van der Waals surface area contributed by atoms with E-state index in [0.717, 1.165) is 28.9 Å². The van der Waals surface area contributed by atoms with E-state index in [4.69, 9.17) is 23.7 Å². The van der Waals surface area contributed by atoms with Gasteiger partial charge in [0.15, 0.2) is 23.0 Å². The molecule has 0 bridgehead atoms. The predicted molar refractivity (Wildman–Crippen MR) is 197 cm³/mol. The number of rotatable bonds is 11. The van der Waals surface area contributed by atoms with E-state index in [1.54, 1.807) is 57.9 Å². The number of carbonyl (C=O) groups excluding carboxylic acids is 4. The molecule has 53 heavy (non-hydrogen) atoms.